The Hall–Kier alpha value is -1.40. The summed E-state index contributed by atoms with van der Waals surface area (Å²) in [6.07, 6.45) is 6.68. The Morgan fingerprint density at radius 3 is 2.82 bits per heavy atom. The molecule has 0 bridgehead atoms. The molecule has 0 aromatic carbocycles. The minimum absolute atomic E-state index is 0.298. The lowest BCUT2D eigenvalue weighted by molar-refractivity contribution is -0.135. The first-order valence-electron chi connectivity index (χ1n) is 8.26. The number of hydrogen-bond acceptors (Lipinski definition) is 4. The van der Waals surface area contributed by atoms with Crippen LogP contribution in [0.1, 0.15) is 25.1 Å². The minimum Gasteiger partial charge on any atom is -0.381 e. The number of carbonyl (C=O) groups is 1. The van der Waals surface area contributed by atoms with Crippen molar-refractivity contribution >= 4 is 5.91 Å². The van der Waals surface area contributed by atoms with Crippen LogP contribution in [-0.4, -0.2) is 64.7 Å². The number of imidazole rings is 1. The zero-order valence-corrected chi connectivity index (χ0v) is 13.4. The highest BCUT2D eigenvalue weighted by Crippen LogP contribution is 2.19. The summed E-state index contributed by atoms with van der Waals surface area (Å²) in [4.78, 5) is 21.1. The van der Waals surface area contributed by atoms with Crippen molar-refractivity contribution < 1.29 is 9.53 Å². The monoisotopic (exact) mass is 306 g/mol. The molecular weight excluding hydrogens is 280 g/mol. The summed E-state index contributed by atoms with van der Waals surface area (Å²) in [5.41, 5.74) is 0. The van der Waals surface area contributed by atoms with E-state index in [2.05, 4.69) is 14.5 Å². The van der Waals surface area contributed by atoms with Crippen molar-refractivity contribution in [3.05, 3.63) is 18.2 Å². The molecule has 1 atom stereocenters. The molecule has 1 aromatic rings. The van der Waals surface area contributed by atoms with Gasteiger partial charge in [0.2, 0.25) is 5.91 Å². The SMILES string of the molecule is Cn1ccnc1CN1CCN(C(=O)CC2CCCOC2)CC1. The molecule has 2 fully saturated rings. The molecular formula is C16H26N4O2. The molecule has 1 amide bonds. The summed E-state index contributed by atoms with van der Waals surface area (Å²) in [5, 5.41) is 0. The van der Waals surface area contributed by atoms with Gasteiger partial charge in [0.05, 0.1) is 6.54 Å². The average Bonchev–Trinajstić information content (AvgIpc) is 2.94. The maximum absolute atomic E-state index is 12.4. The minimum atomic E-state index is 0.298. The average molecular weight is 306 g/mol. The summed E-state index contributed by atoms with van der Waals surface area (Å²) in [6, 6.07) is 0. The van der Waals surface area contributed by atoms with Crippen LogP contribution in [0.15, 0.2) is 12.4 Å². The number of aryl methyl sites for hydroxylation is 1. The lowest BCUT2D eigenvalue weighted by Gasteiger charge is -2.35. The zero-order chi connectivity index (χ0) is 15.4. The molecule has 122 valence electrons. The van der Waals surface area contributed by atoms with Crippen LogP contribution in [0, 0.1) is 5.92 Å². The lowest BCUT2D eigenvalue weighted by atomic mass is 9.98. The molecule has 2 aliphatic rings. The highest BCUT2D eigenvalue weighted by molar-refractivity contribution is 5.76. The summed E-state index contributed by atoms with van der Waals surface area (Å²) in [5.74, 6) is 1.80. The lowest BCUT2D eigenvalue weighted by Crippen LogP contribution is -2.49. The second kappa shape index (κ2) is 7.24. The molecule has 6 nitrogen and oxygen atoms in total. The van der Waals surface area contributed by atoms with E-state index in [1.807, 2.05) is 24.3 Å². The number of hydrogen-bond donors (Lipinski definition) is 0. The number of piperazine rings is 1. The standard InChI is InChI=1S/C16H26N4O2/c1-18-5-4-17-15(18)12-19-6-8-20(9-7-19)16(21)11-14-3-2-10-22-13-14/h4-5,14H,2-3,6-13H2,1H3. The van der Waals surface area contributed by atoms with E-state index in [-0.39, 0.29) is 0 Å². The third-order valence-corrected chi connectivity index (χ3v) is 4.73. The van der Waals surface area contributed by atoms with Gasteiger partial charge in [-0.1, -0.05) is 0 Å². The van der Waals surface area contributed by atoms with Crippen molar-refractivity contribution in [2.24, 2.45) is 13.0 Å². The van der Waals surface area contributed by atoms with Crippen LogP contribution in [0.4, 0.5) is 0 Å². The smallest absolute Gasteiger partial charge is 0.223 e. The van der Waals surface area contributed by atoms with E-state index < -0.39 is 0 Å². The fraction of sp³-hybridized carbons (Fsp3) is 0.750. The van der Waals surface area contributed by atoms with E-state index in [1.165, 1.54) is 0 Å². The third-order valence-electron chi connectivity index (χ3n) is 4.73. The van der Waals surface area contributed by atoms with Crippen LogP contribution < -0.4 is 0 Å². The van der Waals surface area contributed by atoms with E-state index in [0.717, 1.165) is 64.6 Å². The Kier molecular flexibility index (Phi) is 5.10. The largest absolute Gasteiger partial charge is 0.381 e. The van der Waals surface area contributed by atoms with Gasteiger partial charge in [0, 0.05) is 65.3 Å². The molecule has 1 aromatic heterocycles. The van der Waals surface area contributed by atoms with E-state index in [0.29, 0.717) is 18.2 Å². The predicted molar refractivity (Wildman–Crippen MR) is 83.2 cm³/mol. The first-order chi connectivity index (χ1) is 10.7. The van der Waals surface area contributed by atoms with Crippen molar-refractivity contribution in [3.8, 4) is 0 Å². The van der Waals surface area contributed by atoms with Crippen LogP contribution in [0.3, 0.4) is 0 Å². The number of ether oxygens (including phenoxy) is 1. The third kappa shape index (κ3) is 3.87. The molecule has 22 heavy (non-hydrogen) atoms. The fourth-order valence-corrected chi connectivity index (χ4v) is 3.25. The Morgan fingerprint density at radius 1 is 1.36 bits per heavy atom. The quantitative estimate of drug-likeness (QED) is 0.829. The molecule has 6 heteroatoms. The van der Waals surface area contributed by atoms with Crippen LogP contribution in [0.2, 0.25) is 0 Å². The van der Waals surface area contributed by atoms with Crippen molar-refractivity contribution in [1.82, 2.24) is 19.4 Å². The molecule has 3 heterocycles. The molecule has 0 radical (unpaired) electrons. The number of amides is 1. The number of carbonyl (C=O) groups excluding carboxylic acids is 1. The number of nitrogens with zero attached hydrogens (tertiary/aromatic N) is 4. The first kappa shape index (κ1) is 15.5. The topological polar surface area (TPSA) is 50.6 Å². The zero-order valence-electron chi connectivity index (χ0n) is 13.4. The van der Waals surface area contributed by atoms with Crippen LogP contribution >= 0.6 is 0 Å². The van der Waals surface area contributed by atoms with Crippen molar-refractivity contribution in [2.75, 3.05) is 39.4 Å². The Labute approximate surface area is 132 Å². The normalized spacial score (nSPS) is 23.7. The van der Waals surface area contributed by atoms with Gasteiger partial charge in [0.15, 0.2) is 0 Å². The maximum atomic E-state index is 12.4. The molecule has 0 aliphatic carbocycles. The summed E-state index contributed by atoms with van der Waals surface area (Å²) >= 11 is 0. The van der Waals surface area contributed by atoms with Crippen molar-refractivity contribution in [3.63, 3.8) is 0 Å². The van der Waals surface area contributed by atoms with E-state index in [1.54, 1.807) is 0 Å². The maximum Gasteiger partial charge on any atom is 0.223 e. The molecule has 0 N–H and O–H groups in total. The Balaban J connectivity index is 1.43. The second-order valence-corrected chi connectivity index (χ2v) is 6.40. The Bertz CT molecular complexity index is 488. The summed E-state index contributed by atoms with van der Waals surface area (Å²) < 4.78 is 7.53. The van der Waals surface area contributed by atoms with Gasteiger partial charge >= 0.3 is 0 Å². The molecule has 2 saturated heterocycles. The molecule has 2 aliphatic heterocycles. The number of aromatic nitrogens is 2. The van der Waals surface area contributed by atoms with Gasteiger partial charge in [-0.2, -0.15) is 0 Å². The molecule has 0 saturated carbocycles. The second-order valence-electron chi connectivity index (χ2n) is 6.40. The van der Waals surface area contributed by atoms with Gasteiger partial charge in [0.25, 0.3) is 0 Å². The van der Waals surface area contributed by atoms with Crippen LogP contribution in [0.25, 0.3) is 0 Å². The first-order valence-corrected chi connectivity index (χ1v) is 8.26. The van der Waals surface area contributed by atoms with Crippen LogP contribution in [-0.2, 0) is 23.1 Å². The molecule has 1 unspecified atom stereocenters. The highest BCUT2D eigenvalue weighted by Gasteiger charge is 2.25. The van der Waals surface area contributed by atoms with Gasteiger partial charge < -0.3 is 14.2 Å². The van der Waals surface area contributed by atoms with E-state index >= 15 is 0 Å². The molecule has 3 rings (SSSR count). The van der Waals surface area contributed by atoms with Gasteiger partial charge in [-0.3, -0.25) is 9.69 Å². The van der Waals surface area contributed by atoms with Crippen molar-refractivity contribution in [1.29, 1.82) is 0 Å². The van der Waals surface area contributed by atoms with Gasteiger partial charge in [0.1, 0.15) is 5.82 Å². The van der Waals surface area contributed by atoms with Crippen LogP contribution in [0.5, 0.6) is 0 Å². The van der Waals surface area contributed by atoms with E-state index in [9.17, 15) is 4.79 Å². The number of rotatable bonds is 4. The molecule has 0 spiro atoms. The van der Waals surface area contributed by atoms with E-state index in [4.69, 9.17) is 4.74 Å². The fourth-order valence-electron chi connectivity index (χ4n) is 3.25. The van der Waals surface area contributed by atoms with Gasteiger partial charge in [-0.15, -0.1) is 0 Å². The van der Waals surface area contributed by atoms with Gasteiger partial charge in [-0.25, -0.2) is 4.98 Å². The van der Waals surface area contributed by atoms with Gasteiger partial charge in [-0.05, 0) is 18.8 Å². The summed E-state index contributed by atoms with van der Waals surface area (Å²) in [6.45, 7) is 6.00. The highest BCUT2D eigenvalue weighted by atomic mass is 16.5. The Morgan fingerprint density at radius 2 is 2.18 bits per heavy atom. The predicted octanol–water partition coefficient (Wildman–Crippen LogP) is 0.881. The van der Waals surface area contributed by atoms with Crippen molar-refractivity contribution in [2.45, 2.75) is 25.8 Å². The summed E-state index contributed by atoms with van der Waals surface area (Å²) in [7, 11) is 2.02.